The van der Waals surface area contributed by atoms with Gasteiger partial charge < -0.3 is 20.1 Å². The van der Waals surface area contributed by atoms with Crippen LogP contribution in [-0.2, 0) is 4.74 Å². The van der Waals surface area contributed by atoms with Gasteiger partial charge in [0.1, 0.15) is 5.75 Å². The van der Waals surface area contributed by atoms with Gasteiger partial charge in [0.15, 0.2) is 5.11 Å². The second kappa shape index (κ2) is 12.3. The van der Waals surface area contributed by atoms with Gasteiger partial charge in [0.2, 0.25) is 0 Å². The molecule has 3 rings (SSSR count). The van der Waals surface area contributed by atoms with Gasteiger partial charge in [0, 0.05) is 30.0 Å². The minimum atomic E-state index is -0.314. The van der Waals surface area contributed by atoms with Gasteiger partial charge in [-0.15, -0.1) is 0 Å². The molecule has 0 spiro atoms. The third-order valence-electron chi connectivity index (χ3n) is 5.23. The first-order chi connectivity index (χ1) is 15.9. The van der Waals surface area contributed by atoms with Gasteiger partial charge in [-0.1, -0.05) is 13.8 Å². The van der Waals surface area contributed by atoms with Crippen LogP contribution in [0.15, 0.2) is 48.5 Å². The van der Waals surface area contributed by atoms with Crippen LogP contribution in [0.1, 0.15) is 53.8 Å². The fourth-order valence-corrected chi connectivity index (χ4v) is 3.48. The molecule has 0 aliphatic carbocycles. The number of carbonyl (C=O) groups is 2. The van der Waals surface area contributed by atoms with Crippen LogP contribution in [0.25, 0.3) is 0 Å². The summed E-state index contributed by atoms with van der Waals surface area (Å²) in [7, 11) is 0. The van der Waals surface area contributed by atoms with Gasteiger partial charge in [0.05, 0.1) is 12.7 Å². The summed E-state index contributed by atoms with van der Waals surface area (Å²) in [4.78, 5) is 24.7. The Kier molecular flexibility index (Phi) is 9.21. The molecule has 3 N–H and O–H groups in total. The summed E-state index contributed by atoms with van der Waals surface area (Å²) in [6.45, 7) is 6.21. The number of amides is 2. The lowest BCUT2D eigenvalue weighted by Crippen LogP contribution is -2.34. The van der Waals surface area contributed by atoms with Gasteiger partial charge in [-0.3, -0.25) is 14.9 Å². The number of nitrogens with one attached hydrogen (secondary N) is 3. The van der Waals surface area contributed by atoms with Crippen molar-refractivity contribution in [2.45, 2.75) is 39.2 Å². The first kappa shape index (κ1) is 24.7. The standard InChI is InChI=1S/C25H31N3O4S/c1-17(2)13-15-32-21-11-7-19(8-12-21)24(30)28-25(33)27-20-9-5-18(6-10-20)23(29)26-16-22-4-3-14-31-22/h5-12,17,22H,3-4,13-16H2,1-2H3,(H,26,29)(H2,27,28,30,33). The van der Waals surface area contributed by atoms with Crippen LogP contribution in [0.2, 0.25) is 0 Å². The molecule has 0 aromatic heterocycles. The number of anilines is 1. The average Bonchev–Trinajstić information content (AvgIpc) is 3.32. The zero-order chi connectivity index (χ0) is 23.6. The number of carbonyl (C=O) groups excluding carboxylic acids is 2. The fraction of sp³-hybridized carbons (Fsp3) is 0.400. The van der Waals surface area contributed by atoms with Crippen molar-refractivity contribution in [1.82, 2.24) is 10.6 Å². The highest BCUT2D eigenvalue weighted by Crippen LogP contribution is 2.14. The van der Waals surface area contributed by atoms with Gasteiger partial charge >= 0.3 is 0 Å². The van der Waals surface area contributed by atoms with E-state index < -0.39 is 0 Å². The number of hydrogen-bond donors (Lipinski definition) is 3. The van der Waals surface area contributed by atoms with E-state index in [1.165, 1.54) is 0 Å². The second-order valence-electron chi connectivity index (χ2n) is 8.39. The maximum atomic E-state index is 12.4. The smallest absolute Gasteiger partial charge is 0.257 e. The Balaban J connectivity index is 1.43. The minimum Gasteiger partial charge on any atom is -0.494 e. The third kappa shape index (κ3) is 8.14. The summed E-state index contributed by atoms with van der Waals surface area (Å²) in [5.74, 6) is 0.845. The molecule has 1 atom stereocenters. The number of rotatable bonds is 9. The van der Waals surface area contributed by atoms with E-state index in [1.54, 1.807) is 48.5 Å². The van der Waals surface area contributed by atoms with Crippen molar-refractivity contribution in [2.75, 3.05) is 25.1 Å². The Morgan fingerprint density at radius 1 is 1.06 bits per heavy atom. The zero-order valence-electron chi connectivity index (χ0n) is 19.1. The van der Waals surface area contributed by atoms with Crippen molar-refractivity contribution in [3.63, 3.8) is 0 Å². The van der Waals surface area contributed by atoms with Crippen LogP contribution < -0.4 is 20.7 Å². The van der Waals surface area contributed by atoms with Crippen molar-refractivity contribution in [2.24, 2.45) is 5.92 Å². The predicted octanol–water partition coefficient (Wildman–Crippen LogP) is 4.15. The minimum absolute atomic E-state index is 0.101. The van der Waals surface area contributed by atoms with Crippen LogP contribution in [0.3, 0.4) is 0 Å². The van der Waals surface area contributed by atoms with Crippen LogP contribution in [0.5, 0.6) is 5.75 Å². The van der Waals surface area contributed by atoms with Crippen molar-refractivity contribution in [3.05, 3.63) is 59.7 Å². The Bertz CT molecular complexity index is 939. The summed E-state index contributed by atoms with van der Waals surface area (Å²) in [6, 6.07) is 13.8. The molecule has 0 saturated carbocycles. The highest BCUT2D eigenvalue weighted by molar-refractivity contribution is 7.80. The molecule has 2 aromatic rings. The van der Waals surface area contributed by atoms with Crippen LogP contribution in [0.4, 0.5) is 5.69 Å². The second-order valence-corrected chi connectivity index (χ2v) is 8.79. The molecule has 1 heterocycles. The van der Waals surface area contributed by atoms with Crippen molar-refractivity contribution >= 4 is 34.8 Å². The van der Waals surface area contributed by atoms with E-state index in [2.05, 4.69) is 29.8 Å². The summed E-state index contributed by atoms with van der Waals surface area (Å²) in [5, 5.41) is 8.68. The quantitative estimate of drug-likeness (QED) is 0.478. The van der Waals surface area contributed by atoms with Gasteiger partial charge in [-0.25, -0.2) is 0 Å². The lowest BCUT2D eigenvalue weighted by molar-refractivity contribution is 0.0857. The largest absolute Gasteiger partial charge is 0.494 e. The molecule has 7 nitrogen and oxygen atoms in total. The number of ether oxygens (including phenoxy) is 2. The fourth-order valence-electron chi connectivity index (χ4n) is 3.27. The highest BCUT2D eigenvalue weighted by Gasteiger charge is 2.16. The molecule has 1 saturated heterocycles. The van der Waals surface area contributed by atoms with E-state index in [-0.39, 0.29) is 23.0 Å². The van der Waals surface area contributed by atoms with Crippen molar-refractivity contribution in [1.29, 1.82) is 0 Å². The van der Waals surface area contributed by atoms with Crippen molar-refractivity contribution in [3.8, 4) is 5.75 Å². The molecule has 2 amide bonds. The Labute approximate surface area is 200 Å². The van der Waals surface area contributed by atoms with Crippen LogP contribution >= 0.6 is 12.2 Å². The highest BCUT2D eigenvalue weighted by atomic mass is 32.1. The SMILES string of the molecule is CC(C)CCOc1ccc(C(=O)NC(=S)Nc2ccc(C(=O)NCC3CCCO3)cc2)cc1. The van der Waals surface area contributed by atoms with Crippen LogP contribution in [0, 0.1) is 5.92 Å². The Morgan fingerprint density at radius 2 is 1.73 bits per heavy atom. The van der Waals surface area contributed by atoms with E-state index in [9.17, 15) is 9.59 Å². The monoisotopic (exact) mass is 469 g/mol. The Hall–Kier alpha value is -2.97. The lowest BCUT2D eigenvalue weighted by Gasteiger charge is -2.12. The average molecular weight is 470 g/mol. The summed E-state index contributed by atoms with van der Waals surface area (Å²) >= 11 is 5.25. The normalized spacial score (nSPS) is 15.2. The maximum absolute atomic E-state index is 12.4. The molecule has 1 unspecified atom stereocenters. The van der Waals surface area contributed by atoms with E-state index in [0.29, 0.717) is 35.9 Å². The molecule has 1 aliphatic rings. The molecular formula is C25H31N3O4S. The molecular weight excluding hydrogens is 438 g/mol. The molecule has 2 aromatic carbocycles. The molecule has 33 heavy (non-hydrogen) atoms. The molecule has 1 aliphatic heterocycles. The zero-order valence-corrected chi connectivity index (χ0v) is 19.9. The molecule has 0 bridgehead atoms. The molecule has 176 valence electrons. The van der Waals surface area contributed by atoms with Crippen LogP contribution in [-0.4, -0.2) is 42.8 Å². The number of thiocarbonyl (C=S) groups is 1. The topological polar surface area (TPSA) is 88.7 Å². The molecule has 8 heteroatoms. The van der Waals surface area contributed by atoms with Gasteiger partial charge in [-0.05, 0) is 85.9 Å². The third-order valence-corrected chi connectivity index (χ3v) is 5.43. The summed E-state index contributed by atoms with van der Waals surface area (Å²) < 4.78 is 11.2. The summed E-state index contributed by atoms with van der Waals surface area (Å²) in [6.07, 6.45) is 3.09. The number of benzene rings is 2. The lowest BCUT2D eigenvalue weighted by atomic mass is 10.1. The van der Waals surface area contributed by atoms with Crippen molar-refractivity contribution < 1.29 is 19.1 Å². The number of hydrogen-bond acceptors (Lipinski definition) is 5. The van der Waals surface area contributed by atoms with Gasteiger partial charge in [0.25, 0.3) is 11.8 Å². The van der Waals surface area contributed by atoms with E-state index in [0.717, 1.165) is 31.6 Å². The summed E-state index contributed by atoms with van der Waals surface area (Å²) in [5.41, 5.74) is 1.70. The van der Waals surface area contributed by atoms with E-state index >= 15 is 0 Å². The van der Waals surface area contributed by atoms with E-state index in [1.807, 2.05) is 0 Å². The van der Waals surface area contributed by atoms with Gasteiger partial charge in [-0.2, -0.15) is 0 Å². The molecule has 0 radical (unpaired) electrons. The Morgan fingerprint density at radius 3 is 2.36 bits per heavy atom. The predicted molar refractivity (Wildman–Crippen MR) is 133 cm³/mol. The first-order valence-corrected chi connectivity index (χ1v) is 11.7. The molecule has 1 fully saturated rings. The van der Waals surface area contributed by atoms with E-state index in [4.69, 9.17) is 21.7 Å². The maximum Gasteiger partial charge on any atom is 0.257 e. The first-order valence-electron chi connectivity index (χ1n) is 11.3.